The van der Waals surface area contributed by atoms with Gasteiger partial charge in [0.05, 0.1) is 22.1 Å². The number of hydrogen-bond donors (Lipinski definition) is 1. The lowest BCUT2D eigenvalue weighted by atomic mass is 9.46. The normalized spacial score (nSPS) is 41.1. The van der Waals surface area contributed by atoms with E-state index >= 15 is 0 Å². The number of carbonyl (C=O) groups is 2. The van der Waals surface area contributed by atoms with Gasteiger partial charge in [-0.2, -0.15) is 0 Å². The first-order chi connectivity index (χ1) is 18.2. The van der Waals surface area contributed by atoms with Crippen molar-refractivity contribution in [2.24, 2.45) is 33.6 Å². The molecule has 3 saturated carbocycles. The van der Waals surface area contributed by atoms with E-state index in [1.807, 2.05) is 31.2 Å². The van der Waals surface area contributed by atoms with E-state index in [9.17, 15) is 14.7 Å². The molecule has 0 radical (unpaired) electrons. The van der Waals surface area contributed by atoms with Crippen molar-refractivity contribution >= 4 is 50.8 Å². The molecule has 0 spiro atoms. The smallest absolute Gasteiger partial charge is 0.181 e. The fraction of sp³-hybridized carbons (Fsp3) is 0.533. The van der Waals surface area contributed by atoms with Crippen LogP contribution in [0.4, 0.5) is 0 Å². The van der Waals surface area contributed by atoms with E-state index in [1.165, 1.54) is 11.8 Å². The van der Waals surface area contributed by atoms with Crippen LogP contribution in [0.2, 0.25) is 0 Å². The third-order valence-corrected chi connectivity index (χ3v) is 12.5. The van der Waals surface area contributed by atoms with Gasteiger partial charge in [0.2, 0.25) is 0 Å². The lowest BCUT2D eigenvalue weighted by Gasteiger charge is -2.59. The number of ketones is 2. The van der Waals surface area contributed by atoms with Crippen LogP contribution in [-0.4, -0.2) is 51.1 Å². The molecule has 6 unspecified atom stereocenters. The monoisotopic (exact) mass is 548 g/mol. The van der Waals surface area contributed by atoms with Gasteiger partial charge < -0.3 is 9.84 Å². The minimum Gasteiger partial charge on any atom is -0.475 e. The molecule has 0 bridgehead atoms. The van der Waals surface area contributed by atoms with Gasteiger partial charge in [-0.1, -0.05) is 49.4 Å². The molecule has 4 aliphatic carbocycles. The minimum absolute atomic E-state index is 0.0121. The van der Waals surface area contributed by atoms with Crippen LogP contribution in [0.15, 0.2) is 57.4 Å². The number of aliphatic hydroxyl groups is 1. The van der Waals surface area contributed by atoms with E-state index in [1.54, 1.807) is 23.5 Å². The average molecular weight is 549 g/mol. The van der Waals surface area contributed by atoms with Gasteiger partial charge in [0.1, 0.15) is 6.10 Å². The Morgan fingerprint density at radius 1 is 1.29 bits per heavy atom. The number of aliphatic imine (C=N–C) groups is 1. The third kappa shape index (κ3) is 3.23. The maximum absolute atomic E-state index is 14.3. The molecule has 7 rings (SSSR count). The summed E-state index contributed by atoms with van der Waals surface area (Å²) in [6, 6.07) is 8.03. The highest BCUT2D eigenvalue weighted by Crippen LogP contribution is 2.69. The number of fused-ring (bicyclic) bond motifs is 8. The first-order valence-corrected chi connectivity index (χ1v) is 15.3. The number of nitrogens with zero attached hydrogens (tertiary/aromatic N) is 2. The first kappa shape index (κ1) is 24.7. The number of Topliss-reactive ketones (excluding diaryl/α,β-unsaturated/α-hetero) is 1. The fourth-order valence-electron chi connectivity index (χ4n) is 8.84. The van der Waals surface area contributed by atoms with Crippen molar-refractivity contribution in [3.05, 3.63) is 48.1 Å². The standard InChI is InChI=1S/C30H32N2O4S2/c1-16-32-30(24(35)15-37-27-31-21-6-4-5-7-23(21)38-27)25(36-16)13-20-19-9-8-17-12-18(33)10-11-28(17,2)26(19)22(34)14-29(20,30)3/h4-7,10-12,19-20,22,25-26,34H,8-9,13-15H2,1-3H3/t19?,20?,22?,25-,26?,28?,29?,30-/m1/s1. The molecule has 3 fully saturated rings. The van der Waals surface area contributed by atoms with Gasteiger partial charge in [0, 0.05) is 23.7 Å². The van der Waals surface area contributed by atoms with Crippen LogP contribution in [0.25, 0.3) is 10.2 Å². The molecule has 0 amide bonds. The summed E-state index contributed by atoms with van der Waals surface area (Å²) in [5.74, 6) is 1.41. The number of rotatable bonds is 4. The Hall–Kier alpha value is -2.29. The van der Waals surface area contributed by atoms with Crippen molar-refractivity contribution in [3.8, 4) is 0 Å². The zero-order valence-electron chi connectivity index (χ0n) is 21.8. The third-order valence-electron chi connectivity index (χ3n) is 10.4. The molecule has 2 heterocycles. The van der Waals surface area contributed by atoms with Gasteiger partial charge in [0.15, 0.2) is 27.3 Å². The fourth-order valence-corrected chi connectivity index (χ4v) is 10.9. The highest BCUT2D eigenvalue weighted by molar-refractivity contribution is 8.01. The van der Waals surface area contributed by atoms with Crippen molar-refractivity contribution in [1.29, 1.82) is 0 Å². The van der Waals surface area contributed by atoms with Crippen molar-refractivity contribution in [2.75, 3.05) is 5.75 Å². The van der Waals surface area contributed by atoms with Crippen molar-refractivity contribution < 1.29 is 19.4 Å². The van der Waals surface area contributed by atoms with Gasteiger partial charge in [0.25, 0.3) is 0 Å². The van der Waals surface area contributed by atoms with Gasteiger partial charge in [-0.3, -0.25) is 9.59 Å². The lowest BCUT2D eigenvalue weighted by molar-refractivity contribution is -0.141. The zero-order valence-corrected chi connectivity index (χ0v) is 23.5. The number of hydrogen-bond acceptors (Lipinski definition) is 8. The Morgan fingerprint density at radius 2 is 2.11 bits per heavy atom. The number of thiazole rings is 1. The molecule has 1 aromatic carbocycles. The van der Waals surface area contributed by atoms with E-state index in [0.717, 1.165) is 39.4 Å². The molecule has 5 aliphatic rings. The van der Waals surface area contributed by atoms with Gasteiger partial charge in [-0.25, -0.2) is 9.98 Å². The SMILES string of the molecule is CC1=N[C@]2(C(=O)CSc3nc4ccccc4s3)[C@@H](CC3C4CCC5=CC(=O)C=CC5(C)C4C(O)CC32C)O1. The number of aliphatic hydroxyl groups excluding tert-OH is 1. The predicted octanol–water partition coefficient (Wildman–Crippen LogP) is 5.40. The molecule has 1 N–H and O–H groups in total. The number of ether oxygens (including phenoxy) is 1. The Balaban J connectivity index is 1.22. The Labute approximate surface area is 230 Å². The number of carbonyl (C=O) groups excluding carboxylic acids is 2. The largest absolute Gasteiger partial charge is 0.475 e. The number of benzene rings is 1. The van der Waals surface area contributed by atoms with Crippen molar-refractivity contribution in [2.45, 2.75) is 68.5 Å². The van der Waals surface area contributed by atoms with E-state index in [2.05, 4.69) is 19.9 Å². The molecule has 2 aromatic rings. The molecular weight excluding hydrogens is 516 g/mol. The van der Waals surface area contributed by atoms with E-state index < -0.39 is 17.1 Å². The Bertz CT molecular complexity index is 1430. The Morgan fingerprint density at radius 3 is 2.92 bits per heavy atom. The van der Waals surface area contributed by atoms with Gasteiger partial charge in [-0.05, 0) is 61.8 Å². The van der Waals surface area contributed by atoms with Gasteiger partial charge in [-0.15, -0.1) is 11.3 Å². The molecule has 8 atom stereocenters. The first-order valence-electron chi connectivity index (χ1n) is 13.5. The van der Waals surface area contributed by atoms with Crippen molar-refractivity contribution in [3.63, 3.8) is 0 Å². The van der Waals surface area contributed by atoms with E-state index in [4.69, 9.17) is 14.7 Å². The second-order valence-corrected chi connectivity index (χ2v) is 14.4. The van der Waals surface area contributed by atoms with Crippen LogP contribution in [0.1, 0.15) is 46.5 Å². The van der Waals surface area contributed by atoms with Crippen LogP contribution in [0.3, 0.4) is 0 Å². The number of thioether (sulfide) groups is 1. The maximum Gasteiger partial charge on any atom is 0.181 e. The molecule has 1 aliphatic heterocycles. The highest BCUT2D eigenvalue weighted by atomic mass is 32.2. The second-order valence-electron chi connectivity index (χ2n) is 12.1. The molecule has 8 heteroatoms. The number of allylic oxidation sites excluding steroid dienone is 4. The molecule has 1 aromatic heterocycles. The summed E-state index contributed by atoms with van der Waals surface area (Å²) in [7, 11) is 0. The molecule has 198 valence electrons. The molecule has 0 saturated heterocycles. The predicted molar refractivity (Wildman–Crippen MR) is 149 cm³/mol. The topological polar surface area (TPSA) is 88.9 Å². The van der Waals surface area contributed by atoms with Crippen molar-refractivity contribution in [1.82, 2.24) is 4.98 Å². The molecule has 6 nitrogen and oxygen atoms in total. The lowest BCUT2D eigenvalue weighted by Crippen LogP contribution is -2.62. The molecular formula is C30H32N2O4S2. The minimum atomic E-state index is -0.993. The molecule has 38 heavy (non-hydrogen) atoms. The quantitative estimate of drug-likeness (QED) is 0.515. The summed E-state index contributed by atoms with van der Waals surface area (Å²) in [6.07, 6.45) is 7.58. The second kappa shape index (κ2) is 8.35. The summed E-state index contributed by atoms with van der Waals surface area (Å²) in [4.78, 5) is 36.1. The summed E-state index contributed by atoms with van der Waals surface area (Å²) >= 11 is 3.09. The zero-order chi connectivity index (χ0) is 26.4. The number of para-hydroxylation sites is 1. The van der Waals surface area contributed by atoms with E-state index in [0.29, 0.717) is 12.3 Å². The van der Waals surface area contributed by atoms with Crippen LogP contribution in [-0.2, 0) is 14.3 Å². The maximum atomic E-state index is 14.3. The Kier molecular flexibility index (Phi) is 5.44. The van der Waals surface area contributed by atoms with Gasteiger partial charge >= 0.3 is 0 Å². The number of aromatic nitrogens is 1. The van der Waals surface area contributed by atoms with Crippen LogP contribution >= 0.6 is 23.1 Å². The highest BCUT2D eigenvalue weighted by Gasteiger charge is 2.74. The summed E-state index contributed by atoms with van der Waals surface area (Å²) in [6.45, 7) is 6.20. The van der Waals surface area contributed by atoms with Crippen LogP contribution in [0.5, 0.6) is 0 Å². The summed E-state index contributed by atoms with van der Waals surface area (Å²) < 4.78 is 8.28. The summed E-state index contributed by atoms with van der Waals surface area (Å²) in [5, 5.41) is 11.8. The average Bonchev–Trinajstić information content (AvgIpc) is 3.51. The van der Waals surface area contributed by atoms with E-state index in [-0.39, 0.29) is 46.6 Å². The van der Waals surface area contributed by atoms with Crippen LogP contribution in [0, 0.1) is 28.6 Å². The summed E-state index contributed by atoms with van der Waals surface area (Å²) in [5.41, 5.74) is 0.249. The van der Waals surface area contributed by atoms with Crippen LogP contribution < -0.4 is 0 Å².